The number of allylic oxidation sites excluding steroid dienone is 1. The molecule has 0 aromatic heterocycles. The maximum atomic E-state index is 3.67. The van der Waals surface area contributed by atoms with Crippen LogP contribution in [0, 0.1) is 6.07 Å². The van der Waals surface area contributed by atoms with E-state index in [2.05, 4.69) is 117 Å². The van der Waals surface area contributed by atoms with Gasteiger partial charge in [0, 0.05) is 15.4 Å². The minimum atomic E-state index is 0. The van der Waals surface area contributed by atoms with Crippen molar-refractivity contribution in [3.05, 3.63) is 124 Å². The van der Waals surface area contributed by atoms with E-state index in [0.717, 1.165) is 22.4 Å². The van der Waals surface area contributed by atoms with Crippen LogP contribution in [0.1, 0.15) is 47.1 Å². The summed E-state index contributed by atoms with van der Waals surface area (Å²) >= 11 is 0. The van der Waals surface area contributed by atoms with Gasteiger partial charge in [0.05, 0.1) is 0 Å². The molecule has 4 heteroatoms. The molecule has 0 N–H and O–H groups in total. The minimum Gasteiger partial charge on any atom is -1.00 e. The van der Waals surface area contributed by atoms with E-state index in [1.165, 1.54) is 55.6 Å². The molecule has 0 spiro atoms. The van der Waals surface area contributed by atoms with Crippen molar-refractivity contribution < 1.29 is 51.0 Å². The van der Waals surface area contributed by atoms with Gasteiger partial charge in [-0.15, -0.1) is 16.7 Å². The first-order valence-corrected chi connectivity index (χ1v) is 13.9. The zero-order valence-electron chi connectivity index (χ0n) is 20.9. The van der Waals surface area contributed by atoms with Gasteiger partial charge in [0.1, 0.15) is 0 Å². The Hall–Kier alpha value is -1.70. The van der Waals surface area contributed by atoms with Crippen molar-refractivity contribution in [2.45, 2.75) is 38.8 Å². The van der Waals surface area contributed by atoms with Crippen molar-refractivity contribution >= 4 is 15.6 Å². The molecular weight excluding hydrogens is 575 g/mol. The number of benzene rings is 4. The summed E-state index contributed by atoms with van der Waals surface area (Å²) in [5.41, 5.74) is 14.0. The molecule has 179 valence electrons. The van der Waals surface area contributed by atoms with Crippen LogP contribution in [-0.2, 0) is 32.6 Å². The second kappa shape index (κ2) is 13.7. The van der Waals surface area contributed by atoms with Gasteiger partial charge in [-0.05, 0) is 46.2 Å². The molecular formula is C32H29Cl2SiZr. The molecule has 0 heterocycles. The normalized spacial score (nSPS) is 13.9. The first-order valence-electron chi connectivity index (χ1n) is 11.9. The summed E-state index contributed by atoms with van der Waals surface area (Å²) in [7, 11) is 1.08. The minimum absolute atomic E-state index is 0. The first kappa shape index (κ1) is 30.5. The fraction of sp³-hybridized carbons (Fsp3) is 0.188. The SMILES string of the molecule is CCC1=Cc2c(-c3ccccc3)cccc2C1c1[c-]ccc2c1Cc1ccccc1-2.C[Si]C.[Cl-].[Cl-].[Zr+3]. The Bertz CT molecular complexity index is 1330. The second-order valence-corrected chi connectivity index (χ2v) is 9.80. The Morgan fingerprint density at radius 2 is 1.47 bits per heavy atom. The second-order valence-electron chi connectivity index (χ2n) is 8.80. The van der Waals surface area contributed by atoms with Gasteiger partial charge in [-0.25, -0.2) is 0 Å². The fourth-order valence-electron chi connectivity index (χ4n) is 5.36. The van der Waals surface area contributed by atoms with Crippen LogP contribution in [0.3, 0.4) is 0 Å². The van der Waals surface area contributed by atoms with Crippen LogP contribution in [0.15, 0.2) is 90.5 Å². The molecule has 1 atom stereocenters. The summed E-state index contributed by atoms with van der Waals surface area (Å²) in [4.78, 5) is 0. The molecule has 36 heavy (non-hydrogen) atoms. The van der Waals surface area contributed by atoms with Gasteiger partial charge in [0.2, 0.25) is 0 Å². The third-order valence-corrected chi connectivity index (χ3v) is 6.75. The van der Waals surface area contributed by atoms with Gasteiger partial charge in [-0.3, -0.25) is 0 Å². The predicted octanol–water partition coefficient (Wildman–Crippen LogP) is 2.46. The summed E-state index contributed by atoms with van der Waals surface area (Å²) in [5, 5.41) is 0. The van der Waals surface area contributed by atoms with Gasteiger partial charge in [0.25, 0.3) is 0 Å². The third kappa shape index (κ3) is 5.58. The summed E-state index contributed by atoms with van der Waals surface area (Å²) in [5.74, 6) is 0.304. The van der Waals surface area contributed by atoms with E-state index in [9.17, 15) is 0 Å². The van der Waals surface area contributed by atoms with E-state index in [1.54, 1.807) is 0 Å². The van der Waals surface area contributed by atoms with E-state index in [-0.39, 0.29) is 51.0 Å². The molecule has 4 aromatic rings. The molecule has 2 aliphatic carbocycles. The molecule has 0 saturated carbocycles. The van der Waals surface area contributed by atoms with Crippen molar-refractivity contribution in [2.75, 3.05) is 0 Å². The average Bonchev–Trinajstić information content (AvgIpc) is 3.43. The van der Waals surface area contributed by atoms with Crippen LogP contribution in [0.4, 0.5) is 0 Å². The zero-order valence-corrected chi connectivity index (χ0v) is 25.9. The van der Waals surface area contributed by atoms with Crippen LogP contribution in [0.25, 0.3) is 28.3 Å². The maximum absolute atomic E-state index is 3.67. The van der Waals surface area contributed by atoms with E-state index >= 15 is 0 Å². The molecule has 1 unspecified atom stereocenters. The molecule has 0 amide bonds. The Labute approximate surface area is 250 Å². The quantitative estimate of drug-likeness (QED) is 0.220. The Morgan fingerprint density at radius 1 is 0.806 bits per heavy atom. The van der Waals surface area contributed by atoms with Crippen LogP contribution < -0.4 is 24.8 Å². The maximum Gasteiger partial charge on any atom is 3.00 e. The molecule has 0 fully saturated rings. The summed E-state index contributed by atoms with van der Waals surface area (Å²) in [6.07, 6.45) is 4.51. The van der Waals surface area contributed by atoms with Crippen molar-refractivity contribution in [1.29, 1.82) is 0 Å². The number of hydrogen-bond donors (Lipinski definition) is 0. The predicted molar refractivity (Wildman–Crippen MR) is 143 cm³/mol. The Kier molecular flexibility index (Phi) is 11.6. The van der Waals surface area contributed by atoms with E-state index < -0.39 is 0 Å². The monoisotopic (exact) mass is 601 g/mol. The van der Waals surface area contributed by atoms with Crippen LogP contribution >= 0.6 is 0 Å². The molecule has 0 nitrogen and oxygen atoms in total. The smallest absolute Gasteiger partial charge is 1.00 e. The van der Waals surface area contributed by atoms with Gasteiger partial charge in [0.15, 0.2) is 0 Å². The molecule has 0 aliphatic heterocycles. The fourth-order valence-corrected chi connectivity index (χ4v) is 5.36. The van der Waals surface area contributed by atoms with Gasteiger partial charge >= 0.3 is 26.2 Å². The van der Waals surface area contributed by atoms with Gasteiger partial charge in [-0.1, -0.05) is 104 Å². The van der Waals surface area contributed by atoms with E-state index in [1.807, 2.05) is 0 Å². The topological polar surface area (TPSA) is 0 Å². The molecule has 2 aliphatic rings. The van der Waals surface area contributed by atoms with E-state index in [0.29, 0.717) is 5.92 Å². The molecule has 0 saturated heterocycles. The first-order chi connectivity index (χ1) is 16.3. The number of hydrogen-bond acceptors (Lipinski definition) is 0. The molecule has 4 aromatic carbocycles. The van der Waals surface area contributed by atoms with Crippen molar-refractivity contribution in [2.24, 2.45) is 0 Å². The summed E-state index contributed by atoms with van der Waals surface area (Å²) in [6, 6.07) is 34.4. The number of rotatable bonds is 3. The number of fused-ring (bicyclic) bond motifs is 4. The molecule has 6 rings (SSSR count). The van der Waals surface area contributed by atoms with Gasteiger partial charge < -0.3 is 24.8 Å². The summed E-state index contributed by atoms with van der Waals surface area (Å²) < 4.78 is 0. The Morgan fingerprint density at radius 3 is 2.19 bits per heavy atom. The van der Waals surface area contributed by atoms with Gasteiger partial charge in [-0.2, -0.15) is 18.2 Å². The standard InChI is InChI=1S/C30H23.C2H6Si.2ClH.Zr/c1-2-20-18-28-23(21-10-4-3-5-11-21)14-8-16-26(28)30(20)27-17-9-15-25-24-13-7-6-12-22(24)19-29(25)27;1-3-2;;;/h3-16,18,30H,2,19H2,1H3;1-2H3;2*1H;/q-1;;;;+3/p-2. The zero-order chi connectivity index (χ0) is 22.8. The largest absolute Gasteiger partial charge is 3.00 e. The third-order valence-electron chi connectivity index (χ3n) is 6.75. The number of halogens is 2. The molecule has 3 radical (unpaired) electrons. The Balaban J connectivity index is 0.000000727. The molecule has 0 bridgehead atoms. The van der Waals surface area contributed by atoms with Crippen molar-refractivity contribution in [1.82, 2.24) is 0 Å². The van der Waals surface area contributed by atoms with Crippen LogP contribution in [-0.4, -0.2) is 9.52 Å². The summed E-state index contributed by atoms with van der Waals surface area (Å²) in [6.45, 7) is 6.59. The van der Waals surface area contributed by atoms with Crippen LogP contribution in [0.5, 0.6) is 0 Å². The van der Waals surface area contributed by atoms with Crippen molar-refractivity contribution in [3.8, 4) is 22.3 Å². The van der Waals surface area contributed by atoms with Crippen molar-refractivity contribution in [3.63, 3.8) is 0 Å². The average molecular weight is 604 g/mol. The van der Waals surface area contributed by atoms with E-state index in [4.69, 9.17) is 0 Å². The van der Waals surface area contributed by atoms with Crippen LogP contribution in [0.2, 0.25) is 13.1 Å².